The van der Waals surface area contributed by atoms with Crippen molar-refractivity contribution in [3.8, 4) is 0 Å². The van der Waals surface area contributed by atoms with Crippen molar-refractivity contribution in [1.82, 2.24) is 10.6 Å². The van der Waals surface area contributed by atoms with Gasteiger partial charge >= 0.3 is 0 Å². The van der Waals surface area contributed by atoms with Crippen molar-refractivity contribution < 1.29 is 9.59 Å². The molecule has 1 atom stereocenters. The summed E-state index contributed by atoms with van der Waals surface area (Å²) < 4.78 is 0. The molecule has 4 N–H and O–H groups in total. The minimum absolute atomic E-state index is 0.00314. The van der Waals surface area contributed by atoms with Gasteiger partial charge in [0.25, 0.3) is 0 Å². The molecule has 5 heteroatoms. The van der Waals surface area contributed by atoms with E-state index in [1.807, 2.05) is 20.8 Å². The van der Waals surface area contributed by atoms with Crippen LogP contribution in [0.2, 0.25) is 0 Å². The van der Waals surface area contributed by atoms with Crippen LogP contribution in [0.25, 0.3) is 0 Å². The van der Waals surface area contributed by atoms with E-state index in [9.17, 15) is 9.59 Å². The molecule has 16 heavy (non-hydrogen) atoms. The van der Waals surface area contributed by atoms with Crippen molar-refractivity contribution in [2.75, 3.05) is 6.54 Å². The number of amides is 2. The summed E-state index contributed by atoms with van der Waals surface area (Å²) >= 11 is 0. The first kappa shape index (κ1) is 14.9. The Labute approximate surface area is 97.2 Å². The number of carbonyl (C=O) groups excluding carboxylic acids is 2. The number of nitrogens with one attached hydrogen (secondary N) is 2. The first-order valence-electron chi connectivity index (χ1n) is 5.80. The van der Waals surface area contributed by atoms with Gasteiger partial charge in [0.15, 0.2) is 0 Å². The van der Waals surface area contributed by atoms with Crippen LogP contribution in [-0.2, 0) is 9.59 Å². The van der Waals surface area contributed by atoms with Gasteiger partial charge in [-0.05, 0) is 20.3 Å². The fourth-order valence-corrected chi connectivity index (χ4v) is 1.23. The van der Waals surface area contributed by atoms with E-state index in [1.54, 1.807) is 0 Å². The van der Waals surface area contributed by atoms with Crippen molar-refractivity contribution in [3.05, 3.63) is 0 Å². The standard InChI is InChI=1S/C11H23N3O2/c1-4-5-6-9(12)11(16)13-7-10(15)14-8(2)3/h8-9H,4-7,12H2,1-3H3,(H,13,16)(H,14,15). The molecular weight excluding hydrogens is 206 g/mol. The fourth-order valence-electron chi connectivity index (χ4n) is 1.23. The van der Waals surface area contributed by atoms with Crippen molar-refractivity contribution in [3.63, 3.8) is 0 Å². The second-order valence-electron chi connectivity index (χ2n) is 4.19. The zero-order valence-corrected chi connectivity index (χ0v) is 10.4. The number of carbonyl (C=O) groups is 2. The van der Waals surface area contributed by atoms with Crippen LogP contribution < -0.4 is 16.4 Å². The first-order valence-corrected chi connectivity index (χ1v) is 5.80. The summed E-state index contributed by atoms with van der Waals surface area (Å²) in [5.41, 5.74) is 5.65. The molecule has 0 aliphatic rings. The van der Waals surface area contributed by atoms with Crippen LogP contribution >= 0.6 is 0 Å². The predicted molar refractivity (Wildman–Crippen MR) is 63.8 cm³/mol. The minimum Gasteiger partial charge on any atom is -0.352 e. The van der Waals surface area contributed by atoms with Crippen LogP contribution in [0.1, 0.15) is 40.0 Å². The van der Waals surface area contributed by atoms with E-state index in [2.05, 4.69) is 10.6 Å². The quantitative estimate of drug-likeness (QED) is 0.581. The molecule has 0 bridgehead atoms. The maximum Gasteiger partial charge on any atom is 0.239 e. The average Bonchev–Trinajstić information content (AvgIpc) is 2.21. The topological polar surface area (TPSA) is 84.2 Å². The van der Waals surface area contributed by atoms with Crippen LogP contribution in [0.4, 0.5) is 0 Å². The molecule has 0 spiro atoms. The SMILES string of the molecule is CCCCC(N)C(=O)NCC(=O)NC(C)C. The number of nitrogens with two attached hydrogens (primary N) is 1. The third kappa shape index (κ3) is 7.23. The lowest BCUT2D eigenvalue weighted by atomic mass is 10.1. The monoisotopic (exact) mass is 229 g/mol. The highest BCUT2D eigenvalue weighted by molar-refractivity contribution is 5.87. The Morgan fingerprint density at radius 2 is 1.94 bits per heavy atom. The zero-order chi connectivity index (χ0) is 12.6. The molecule has 0 rings (SSSR count). The van der Waals surface area contributed by atoms with Gasteiger partial charge in [-0.25, -0.2) is 0 Å². The van der Waals surface area contributed by atoms with Gasteiger partial charge in [0.05, 0.1) is 12.6 Å². The summed E-state index contributed by atoms with van der Waals surface area (Å²) in [7, 11) is 0. The van der Waals surface area contributed by atoms with Crippen molar-refractivity contribution >= 4 is 11.8 Å². The van der Waals surface area contributed by atoms with Crippen molar-refractivity contribution in [1.29, 1.82) is 0 Å². The highest BCUT2D eigenvalue weighted by Gasteiger charge is 2.13. The van der Waals surface area contributed by atoms with E-state index in [-0.39, 0.29) is 24.4 Å². The summed E-state index contributed by atoms with van der Waals surface area (Å²) in [5, 5.41) is 5.21. The van der Waals surface area contributed by atoms with E-state index in [0.717, 1.165) is 12.8 Å². The molecule has 94 valence electrons. The van der Waals surface area contributed by atoms with Gasteiger partial charge in [-0.2, -0.15) is 0 Å². The van der Waals surface area contributed by atoms with Gasteiger partial charge in [-0.15, -0.1) is 0 Å². The smallest absolute Gasteiger partial charge is 0.239 e. The van der Waals surface area contributed by atoms with Crippen molar-refractivity contribution in [2.45, 2.75) is 52.1 Å². The van der Waals surface area contributed by atoms with E-state index >= 15 is 0 Å². The Morgan fingerprint density at radius 1 is 1.31 bits per heavy atom. The molecule has 0 radical (unpaired) electrons. The number of hydrogen-bond acceptors (Lipinski definition) is 3. The molecule has 0 aliphatic heterocycles. The molecule has 0 saturated heterocycles. The fraction of sp³-hybridized carbons (Fsp3) is 0.818. The maximum absolute atomic E-state index is 11.4. The lowest BCUT2D eigenvalue weighted by Gasteiger charge is -2.12. The summed E-state index contributed by atoms with van der Waals surface area (Å²) in [6.45, 7) is 5.77. The summed E-state index contributed by atoms with van der Waals surface area (Å²) in [4.78, 5) is 22.7. The zero-order valence-electron chi connectivity index (χ0n) is 10.4. The van der Waals surface area contributed by atoms with Crippen LogP contribution in [0.15, 0.2) is 0 Å². The maximum atomic E-state index is 11.4. The number of rotatable bonds is 7. The Hall–Kier alpha value is -1.10. The summed E-state index contributed by atoms with van der Waals surface area (Å²) in [5.74, 6) is -0.446. The highest BCUT2D eigenvalue weighted by atomic mass is 16.2. The third-order valence-corrected chi connectivity index (χ3v) is 2.08. The van der Waals surface area contributed by atoms with Gasteiger partial charge in [-0.3, -0.25) is 9.59 Å². The predicted octanol–water partition coefficient (Wildman–Crippen LogP) is 0.145. The molecule has 0 aromatic carbocycles. The molecule has 0 aromatic rings. The molecule has 2 amide bonds. The highest BCUT2D eigenvalue weighted by Crippen LogP contribution is 1.97. The molecule has 1 unspecified atom stereocenters. The molecular formula is C11H23N3O2. The van der Waals surface area contributed by atoms with Crippen LogP contribution in [0.5, 0.6) is 0 Å². The van der Waals surface area contributed by atoms with Gasteiger partial charge in [0.2, 0.25) is 11.8 Å². The molecule has 0 fully saturated rings. The third-order valence-electron chi connectivity index (χ3n) is 2.08. The van der Waals surface area contributed by atoms with Gasteiger partial charge in [-0.1, -0.05) is 19.8 Å². The van der Waals surface area contributed by atoms with Gasteiger partial charge in [0, 0.05) is 6.04 Å². The van der Waals surface area contributed by atoms with Crippen LogP contribution in [-0.4, -0.2) is 30.4 Å². The number of unbranched alkanes of at least 4 members (excludes halogenated alkanes) is 1. The van der Waals surface area contributed by atoms with E-state index < -0.39 is 6.04 Å². The van der Waals surface area contributed by atoms with E-state index in [0.29, 0.717) is 6.42 Å². The average molecular weight is 229 g/mol. The summed E-state index contributed by atoms with van der Waals surface area (Å²) in [6, 6.07) is -0.426. The van der Waals surface area contributed by atoms with Gasteiger partial charge < -0.3 is 16.4 Å². The van der Waals surface area contributed by atoms with E-state index in [4.69, 9.17) is 5.73 Å². The first-order chi connectivity index (χ1) is 7.47. The second kappa shape index (κ2) is 8.10. The van der Waals surface area contributed by atoms with Crippen molar-refractivity contribution in [2.24, 2.45) is 5.73 Å². The van der Waals surface area contributed by atoms with Crippen LogP contribution in [0, 0.1) is 0 Å². The minimum atomic E-state index is -0.508. The molecule has 0 aromatic heterocycles. The lowest BCUT2D eigenvalue weighted by molar-refractivity contribution is -0.127. The molecule has 5 nitrogen and oxygen atoms in total. The Balaban J connectivity index is 3.75. The molecule has 0 heterocycles. The van der Waals surface area contributed by atoms with Gasteiger partial charge in [0.1, 0.15) is 0 Å². The van der Waals surface area contributed by atoms with Crippen LogP contribution in [0.3, 0.4) is 0 Å². The number of hydrogen-bond donors (Lipinski definition) is 3. The Kier molecular flexibility index (Phi) is 7.54. The lowest BCUT2D eigenvalue weighted by Crippen LogP contribution is -2.45. The molecule has 0 aliphatic carbocycles. The second-order valence-corrected chi connectivity index (χ2v) is 4.19. The summed E-state index contributed by atoms with van der Waals surface area (Å²) in [6.07, 6.45) is 2.59. The Morgan fingerprint density at radius 3 is 2.44 bits per heavy atom. The molecule has 0 saturated carbocycles. The largest absolute Gasteiger partial charge is 0.352 e. The normalized spacial score (nSPS) is 12.3. The Bertz CT molecular complexity index is 229. The van der Waals surface area contributed by atoms with E-state index in [1.165, 1.54) is 0 Å².